The van der Waals surface area contributed by atoms with E-state index in [-0.39, 0.29) is 0 Å². The van der Waals surface area contributed by atoms with Gasteiger partial charge in [0, 0.05) is 18.8 Å². The Morgan fingerprint density at radius 2 is 2.18 bits per heavy atom. The van der Waals surface area contributed by atoms with E-state index in [0.717, 1.165) is 0 Å². The second-order valence-electron chi connectivity index (χ2n) is 3.31. The topological polar surface area (TPSA) is 78.9 Å². The van der Waals surface area contributed by atoms with Gasteiger partial charge in [0.15, 0.2) is 0 Å². The SMILES string of the molecule is COc1cccc(N(C)C(=O)NCC(=O)O)c1. The molecule has 1 aromatic rings. The number of nitrogens with one attached hydrogen (secondary N) is 1. The van der Waals surface area contributed by atoms with Crippen molar-refractivity contribution in [3.8, 4) is 5.75 Å². The molecule has 2 amide bonds. The Balaban J connectivity index is 2.70. The van der Waals surface area contributed by atoms with Crippen LogP contribution in [-0.2, 0) is 4.79 Å². The summed E-state index contributed by atoms with van der Waals surface area (Å²) in [6, 6.07) is 6.42. The molecule has 0 spiro atoms. The lowest BCUT2D eigenvalue weighted by molar-refractivity contribution is -0.135. The van der Waals surface area contributed by atoms with E-state index >= 15 is 0 Å². The van der Waals surface area contributed by atoms with Crippen LogP contribution in [0.3, 0.4) is 0 Å². The fraction of sp³-hybridized carbons (Fsp3) is 0.273. The minimum absolute atomic E-state index is 0.410. The smallest absolute Gasteiger partial charge is 0.323 e. The van der Waals surface area contributed by atoms with Gasteiger partial charge in [0.05, 0.1) is 7.11 Å². The molecule has 0 radical (unpaired) electrons. The van der Waals surface area contributed by atoms with Gasteiger partial charge in [0.1, 0.15) is 12.3 Å². The Hall–Kier alpha value is -2.24. The van der Waals surface area contributed by atoms with Crippen molar-refractivity contribution in [3.05, 3.63) is 24.3 Å². The second-order valence-corrected chi connectivity index (χ2v) is 3.31. The van der Waals surface area contributed by atoms with Crippen molar-refractivity contribution >= 4 is 17.7 Å². The summed E-state index contributed by atoms with van der Waals surface area (Å²) in [5.74, 6) is -0.460. The molecule has 1 rings (SSSR count). The number of hydrogen-bond donors (Lipinski definition) is 2. The fourth-order valence-corrected chi connectivity index (χ4v) is 1.21. The first kappa shape index (κ1) is 12.8. The van der Waals surface area contributed by atoms with Crippen molar-refractivity contribution in [2.75, 3.05) is 25.6 Å². The van der Waals surface area contributed by atoms with E-state index in [9.17, 15) is 9.59 Å². The summed E-state index contributed by atoms with van der Waals surface area (Å²) in [5.41, 5.74) is 0.618. The van der Waals surface area contributed by atoms with Crippen LogP contribution < -0.4 is 15.0 Å². The van der Waals surface area contributed by atoms with E-state index in [1.165, 1.54) is 12.0 Å². The summed E-state index contributed by atoms with van der Waals surface area (Å²) < 4.78 is 5.03. The average molecular weight is 238 g/mol. The Morgan fingerprint density at radius 1 is 1.47 bits per heavy atom. The summed E-state index contributed by atoms with van der Waals surface area (Å²) in [7, 11) is 3.08. The number of nitrogens with zero attached hydrogens (tertiary/aromatic N) is 1. The fourth-order valence-electron chi connectivity index (χ4n) is 1.21. The van der Waals surface area contributed by atoms with Crippen molar-refractivity contribution in [1.82, 2.24) is 5.32 Å². The molecule has 2 N–H and O–H groups in total. The number of methoxy groups -OCH3 is 1. The number of benzene rings is 1. The van der Waals surface area contributed by atoms with E-state index in [1.54, 1.807) is 31.3 Å². The van der Waals surface area contributed by atoms with Crippen LogP contribution >= 0.6 is 0 Å². The molecule has 6 nitrogen and oxygen atoms in total. The van der Waals surface area contributed by atoms with E-state index < -0.39 is 18.5 Å². The molecule has 0 saturated heterocycles. The van der Waals surface area contributed by atoms with Crippen LogP contribution in [0, 0.1) is 0 Å². The molecule has 0 bridgehead atoms. The predicted octanol–water partition coefficient (Wildman–Crippen LogP) is 0.926. The zero-order valence-corrected chi connectivity index (χ0v) is 9.64. The molecule has 6 heteroatoms. The largest absolute Gasteiger partial charge is 0.497 e. The van der Waals surface area contributed by atoms with Gasteiger partial charge in [-0.1, -0.05) is 6.07 Å². The first-order valence-corrected chi connectivity index (χ1v) is 4.92. The lowest BCUT2D eigenvalue weighted by atomic mass is 10.3. The molecule has 0 heterocycles. The minimum atomic E-state index is -1.09. The summed E-state index contributed by atoms with van der Waals surface area (Å²) in [6.07, 6.45) is 0. The predicted molar refractivity (Wildman–Crippen MR) is 62.4 cm³/mol. The maximum absolute atomic E-state index is 11.6. The van der Waals surface area contributed by atoms with Crippen LogP contribution in [0.15, 0.2) is 24.3 Å². The van der Waals surface area contributed by atoms with Gasteiger partial charge in [-0.2, -0.15) is 0 Å². The second kappa shape index (κ2) is 5.74. The number of ether oxygens (including phenoxy) is 1. The van der Waals surface area contributed by atoms with Gasteiger partial charge in [-0.05, 0) is 12.1 Å². The first-order valence-electron chi connectivity index (χ1n) is 4.92. The van der Waals surface area contributed by atoms with Gasteiger partial charge in [0.2, 0.25) is 0 Å². The lowest BCUT2D eigenvalue weighted by Gasteiger charge is -2.17. The molecule has 92 valence electrons. The van der Waals surface area contributed by atoms with Gasteiger partial charge in [0.25, 0.3) is 0 Å². The Morgan fingerprint density at radius 3 is 2.76 bits per heavy atom. The molecule has 0 unspecified atom stereocenters. The molecule has 17 heavy (non-hydrogen) atoms. The van der Waals surface area contributed by atoms with Gasteiger partial charge < -0.3 is 15.2 Å². The van der Waals surface area contributed by atoms with Gasteiger partial charge in [-0.15, -0.1) is 0 Å². The van der Waals surface area contributed by atoms with Gasteiger partial charge >= 0.3 is 12.0 Å². The van der Waals surface area contributed by atoms with Crippen LogP contribution in [0.1, 0.15) is 0 Å². The maximum atomic E-state index is 11.6. The number of aliphatic carboxylic acids is 1. The average Bonchev–Trinajstić information content (AvgIpc) is 2.35. The monoisotopic (exact) mass is 238 g/mol. The minimum Gasteiger partial charge on any atom is -0.497 e. The number of carboxylic acid groups (broad SMARTS) is 1. The van der Waals surface area contributed by atoms with Crippen molar-refractivity contribution in [2.24, 2.45) is 0 Å². The van der Waals surface area contributed by atoms with Crippen molar-refractivity contribution in [3.63, 3.8) is 0 Å². The van der Waals surface area contributed by atoms with Crippen molar-refractivity contribution in [1.29, 1.82) is 0 Å². The van der Waals surface area contributed by atoms with Crippen LogP contribution in [-0.4, -0.2) is 37.8 Å². The molecular formula is C11H14N2O4. The Bertz CT molecular complexity index is 420. The van der Waals surface area contributed by atoms with Crippen LogP contribution in [0.5, 0.6) is 5.75 Å². The highest BCUT2D eigenvalue weighted by Crippen LogP contribution is 2.19. The summed E-state index contributed by atoms with van der Waals surface area (Å²) in [5, 5.41) is 10.7. The number of carbonyl (C=O) groups is 2. The third-order valence-electron chi connectivity index (χ3n) is 2.14. The van der Waals surface area contributed by atoms with Crippen LogP contribution in [0.25, 0.3) is 0 Å². The standard InChI is InChI=1S/C11H14N2O4/c1-13(11(16)12-7-10(14)15)8-4-3-5-9(6-8)17-2/h3-6H,7H2,1-2H3,(H,12,16)(H,14,15). The summed E-state index contributed by atoms with van der Waals surface area (Å²) in [6.45, 7) is -0.410. The quantitative estimate of drug-likeness (QED) is 0.817. The summed E-state index contributed by atoms with van der Waals surface area (Å²) in [4.78, 5) is 23.2. The zero-order valence-electron chi connectivity index (χ0n) is 9.64. The highest BCUT2D eigenvalue weighted by atomic mass is 16.5. The lowest BCUT2D eigenvalue weighted by Crippen LogP contribution is -2.39. The maximum Gasteiger partial charge on any atom is 0.323 e. The van der Waals surface area contributed by atoms with Gasteiger partial charge in [-0.3, -0.25) is 9.69 Å². The third-order valence-corrected chi connectivity index (χ3v) is 2.14. The van der Waals surface area contributed by atoms with Crippen molar-refractivity contribution < 1.29 is 19.4 Å². The number of hydrogen-bond acceptors (Lipinski definition) is 3. The molecule has 0 saturated carbocycles. The van der Waals surface area contributed by atoms with Gasteiger partial charge in [-0.25, -0.2) is 4.79 Å². The molecule has 0 aliphatic heterocycles. The zero-order chi connectivity index (χ0) is 12.8. The number of anilines is 1. The third kappa shape index (κ3) is 3.67. The van der Waals surface area contributed by atoms with E-state index in [2.05, 4.69) is 5.32 Å². The van der Waals surface area contributed by atoms with E-state index in [0.29, 0.717) is 11.4 Å². The summed E-state index contributed by atoms with van der Waals surface area (Å²) >= 11 is 0. The van der Waals surface area contributed by atoms with Crippen molar-refractivity contribution in [2.45, 2.75) is 0 Å². The molecular weight excluding hydrogens is 224 g/mol. The molecule has 0 aliphatic carbocycles. The van der Waals surface area contributed by atoms with E-state index in [4.69, 9.17) is 9.84 Å². The first-order chi connectivity index (χ1) is 8.04. The molecule has 0 aromatic heterocycles. The van der Waals surface area contributed by atoms with Crippen LogP contribution in [0.4, 0.5) is 10.5 Å². The molecule has 1 aromatic carbocycles. The molecule has 0 aliphatic rings. The van der Waals surface area contributed by atoms with E-state index in [1.807, 2.05) is 0 Å². The number of carboxylic acids is 1. The number of rotatable bonds is 4. The number of urea groups is 1. The highest BCUT2D eigenvalue weighted by molar-refractivity contribution is 5.93. The Kier molecular flexibility index (Phi) is 4.33. The molecule has 0 fully saturated rings. The van der Waals surface area contributed by atoms with Crippen LogP contribution in [0.2, 0.25) is 0 Å². The Labute approximate surface area is 98.8 Å². The number of carbonyl (C=O) groups excluding carboxylic acids is 1. The highest BCUT2D eigenvalue weighted by Gasteiger charge is 2.11. The normalized spacial score (nSPS) is 9.53. The number of amides is 2. The molecule has 0 atom stereocenters.